The van der Waals surface area contributed by atoms with Crippen LogP contribution in [-0.4, -0.2) is 11.9 Å². The number of nitrogens with one attached hydrogen (secondary N) is 1. The number of nitrogens with zero attached hydrogens (tertiary/aromatic N) is 1. The van der Waals surface area contributed by atoms with Gasteiger partial charge in [-0.2, -0.15) is 5.26 Å². The van der Waals surface area contributed by atoms with Crippen LogP contribution in [0, 0.1) is 17.1 Å². The zero-order valence-electron chi connectivity index (χ0n) is 10.6. The fourth-order valence-corrected chi connectivity index (χ4v) is 1.79. The van der Waals surface area contributed by atoms with Gasteiger partial charge in [0.25, 0.3) is 5.91 Å². The number of carboxylic acids is 1. The number of anilines is 1. The highest BCUT2D eigenvalue weighted by Crippen LogP contribution is 2.19. The van der Waals surface area contributed by atoms with E-state index in [0.717, 1.165) is 6.07 Å². The van der Waals surface area contributed by atoms with E-state index in [2.05, 4.69) is 5.32 Å². The number of halogens is 1. The molecule has 2 rings (SSSR count). The molecule has 1 amide bonds. The molecule has 5 nitrogen and oxygen atoms in total. The lowest BCUT2D eigenvalue weighted by atomic mass is 10.1. The SMILES string of the molecule is N#Cc1c(F)cccc1NC(=O)c1ccccc1C(=O)[O-]. The molecule has 0 radical (unpaired) electrons. The zero-order chi connectivity index (χ0) is 15.4. The van der Waals surface area contributed by atoms with Crippen LogP contribution in [0.5, 0.6) is 0 Å². The Labute approximate surface area is 119 Å². The Morgan fingerprint density at radius 2 is 1.76 bits per heavy atom. The second kappa shape index (κ2) is 5.84. The maximum absolute atomic E-state index is 13.4. The van der Waals surface area contributed by atoms with Crippen molar-refractivity contribution in [1.82, 2.24) is 0 Å². The highest BCUT2D eigenvalue weighted by atomic mass is 19.1. The lowest BCUT2D eigenvalue weighted by Gasteiger charge is -2.11. The van der Waals surface area contributed by atoms with E-state index in [1.165, 1.54) is 36.4 Å². The molecular weight excluding hydrogens is 275 g/mol. The highest BCUT2D eigenvalue weighted by Gasteiger charge is 2.15. The summed E-state index contributed by atoms with van der Waals surface area (Å²) in [7, 11) is 0. The smallest absolute Gasteiger partial charge is 0.256 e. The molecule has 0 aliphatic rings. The average molecular weight is 283 g/mol. The maximum Gasteiger partial charge on any atom is 0.256 e. The van der Waals surface area contributed by atoms with E-state index in [1.54, 1.807) is 6.07 Å². The molecule has 21 heavy (non-hydrogen) atoms. The van der Waals surface area contributed by atoms with Crippen LogP contribution in [0.4, 0.5) is 10.1 Å². The van der Waals surface area contributed by atoms with E-state index in [1.807, 2.05) is 0 Å². The number of rotatable bonds is 3. The van der Waals surface area contributed by atoms with Crippen molar-refractivity contribution in [3.63, 3.8) is 0 Å². The van der Waals surface area contributed by atoms with E-state index in [0.29, 0.717) is 0 Å². The predicted octanol–water partition coefficient (Wildman–Crippen LogP) is 1.31. The van der Waals surface area contributed by atoms with Crippen molar-refractivity contribution in [1.29, 1.82) is 5.26 Å². The molecule has 0 atom stereocenters. The minimum Gasteiger partial charge on any atom is -0.545 e. The normalized spacial score (nSPS) is 9.71. The molecule has 2 aromatic rings. The van der Waals surface area contributed by atoms with Gasteiger partial charge in [-0.25, -0.2) is 4.39 Å². The van der Waals surface area contributed by atoms with Gasteiger partial charge in [0.1, 0.15) is 17.4 Å². The van der Waals surface area contributed by atoms with E-state index >= 15 is 0 Å². The lowest BCUT2D eigenvalue weighted by molar-refractivity contribution is -0.255. The Morgan fingerprint density at radius 1 is 1.10 bits per heavy atom. The molecule has 0 saturated heterocycles. The number of aromatic carboxylic acids is 1. The van der Waals surface area contributed by atoms with Gasteiger partial charge in [0.05, 0.1) is 11.7 Å². The van der Waals surface area contributed by atoms with Crippen LogP contribution in [-0.2, 0) is 0 Å². The number of hydrogen-bond acceptors (Lipinski definition) is 4. The van der Waals surface area contributed by atoms with Gasteiger partial charge in [-0.15, -0.1) is 0 Å². The van der Waals surface area contributed by atoms with Crippen molar-refractivity contribution in [3.05, 3.63) is 65.0 Å². The molecule has 0 aliphatic carbocycles. The number of carboxylic acid groups (broad SMARTS) is 1. The van der Waals surface area contributed by atoms with Crippen LogP contribution >= 0.6 is 0 Å². The van der Waals surface area contributed by atoms with Gasteiger partial charge in [-0.1, -0.05) is 24.3 Å². The van der Waals surface area contributed by atoms with Gasteiger partial charge in [0, 0.05) is 11.1 Å². The Balaban J connectivity index is 2.38. The van der Waals surface area contributed by atoms with Gasteiger partial charge >= 0.3 is 0 Å². The van der Waals surface area contributed by atoms with Crippen molar-refractivity contribution in [2.24, 2.45) is 0 Å². The Kier molecular flexibility index (Phi) is 3.95. The van der Waals surface area contributed by atoms with Crippen LogP contribution in [0.3, 0.4) is 0 Å². The number of amides is 1. The molecule has 0 saturated carbocycles. The van der Waals surface area contributed by atoms with Crippen LogP contribution in [0.2, 0.25) is 0 Å². The van der Waals surface area contributed by atoms with Crippen molar-refractivity contribution in [3.8, 4) is 6.07 Å². The quantitative estimate of drug-likeness (QED) is 0.919. The molecule has 0 aromatic heterocycles. The summed E-state index contributed by atoms with van der Waals surface area (Å²) in [4.78, 5) is 23.0. The molecule has 6 heteroatoms. The first kappa shape index (κ1) is 14.2. The molecular formula is C15H8FN2O3-. The van der Waals surface area contributed by atoms with E-state index < -0.39 is 17.7 Å². The lowest BCUT2D eigenvalue weighted by Crippen LogP contribution is -2.26. The zero-order valence-corrected chi connectivity index (χ0v) is 10.6. The molecule has 0 heterocycles. The minimum atomic E-state index is -1.50. The third kappa shape index (κ3) is 2.87. The number of carbonyl (C=O) groups excluding carboxylic acids is 2. The summed E-state index contributed by atoms with van der Waals surface area (Å²) < 4.78 is 13.4. The molecule has 0 unspecified atom stereocenters. The fraction of sp³-hybridized carbons (Fsp3) is 0. The molecule has 0 fully saturated rings. The number of nitriles is 1. The summed E-state index contributed by atoms with van der Waals surface area (Å²) in [5.74, 6) is -3.04. The van der Waals surface area contributed by atoms with Crippen molar-refractivity contribution < 1.29 is 19.1 Å². The van der Waals surface area contributed by atoms with E-state index in [4.69, 9.17) is 5.26 Å². The van der Waals surface area contributed by atoms with E-state index in [9.17, 15) is 19.1 Å². The summed E-state index contributed by atoms with van der Waals surface area (Å²) in [6, 6.07) is 10.9. The summed E-state index contributed by atoms with van der Waals surface area (Å²) in [5, 5.41) is 22.2. The third-order valence-electron chi connectivity index (χ3n) is 2.77. The average Bonchev–Trinajstić information content (AvgIpc) is 2.47. The van der Waals surface area contributed by atoms with Crippen LogP contribution < -0.4 is 10.4 Å². The molecule has 1 N–H and O–H groups in total. The first-order valence-electron chi connectivity index (χ1n) is 5.85. The first-order chi connectivity index (χ1) is 10.0. The third-order valence-corrected chi connectivity index (χ3v) is 2.77. The van der Waals surface area contributed by atoms with Crippen LogP contribution in [0.15, 0.2) is 42.5 Å². The summed E-state index contributed by atoms with van der Waals surface area (Å²) >= 11 is 0. The fourth-order valence-electron chi connectivity index (χ4n) is 1.79. The summed E-state index contributed by atoms with van der Waals surface area (Å²) in [6.07, 6.45) is 0. The minimum absolute atomic E-state index is 0.0318. The number of benzene rings is 2. The summed E-state index contributed by atoms with van der Waals surface area (Å²) in [6.45, 7) is 0. The molecule has 0 bridgehead atoms. The van der Waals surface area contributed by atoms with Gasteiger partial charge < -0.3 is 15.2 Å². The number of carbonyl (C=O) groups is 2. The Bertz CT molecular complexity index is 766. The second-order valence-corrected chi connectivity index (χ2v) is 4.06. The topological polar surface area (TPSA) is 93.0 Å². The predicted molar refractivity (Wildman–Crippen MR) is 69.8 cm³/mol. The molecule has 0 spiro atoms. The van der Waals surface area contributed by atoms with E-state index in [-0.39, 0.29) is 22.4 Å². The van der Waals surface area contributed by atoms with Gasteiger partial charge in [0.15, 0.2) is 0 Å². The monoisotopic (exact) mass is 283 g/mol. The Hall–Kier alpha value is -3.20. The van der Waals surface area contributed by atoms with Crippen LogP contribution in [0.1, 0.15) is 26.3 Å². The standard InChI is InChI=1S/C15H9FN2O3/c16-12-6-3-7-13(11(12)8-17)18-14(19)9-4-1-2-5-10(9)15(20)21/h1-7H,(H,18,19)(H,20,21)/p-1. The Morgan fingerprint density at radius 3 is 2.38 bits per heavy atom. The molecule has 104 valence electrons. The van der Waals surface area contributed by atoms with Crippen molar-refractivity contribution in [2.75, 3.05) is 5.32 Å². The van der Waals surface area contributed by atoms with Gasteiger partial charge in [-0.3, -0.25) is 4.79 Å². The number of hydrogen-bond donors (Lipinski definition) is 1. The second-order valence-electron chi connectivity index (χ2n) is 4.06. The van der Waals surface area contributed by atoms with Gasteiger partial charge in [0.2, 0.25) is 0 Å². The highest BCUT2D eigenvalue weighted by molar-refractivity contribution is 6.10. The molecule has 0 aliphatic heterocycles. The largest absolute Gasteiger partial charge is 0.545 e. The molecule has 2 aromatic carbocycles. The summed E-state index contributed by atoms with van der Waals surface area (Å²) in [5.41, 5.74) is -0.775. The van der Waals surface area contributed by atoms with Crippen molar-refractivity contribution >= 4 is 17.6 Å². The maximum atomic E-state index is 13.4. The van der Waals surface area contributed by atoms with Gasteiger partial charge in [-0.05, 0) is 18.2 Å². The van der Waals surface area contributed by atoms with Crippen molar-refractivity contribution in [2.45, 2.75) is 0 Å². The first-order valence-corrected chi connectivity index (χ1v) is 5.85. The van der Waals surface area contributed by atoms with Crippen LogP contribution in [0.25, 0.3) is 0 Å².